The van der Waals surface area contributed by atoms with Crippen LogP contribution in [0.2, 0.25) is 0 Å². The second-order valence-corrected chi connectivity index (χ2v) is 6.95. The molecule has 0 atom stereocenters. The number of methoxy groups -OCH3 is 1. The summed E-state index contributed by atoms with van der Waals surface area (Å²) in [6.07, 6.45) is 0. The van der Waals surface area contributed by atoms with Crippen LogP contribution in [0.5, 0.6) is 5.75 Å². The maximum atomic E-state index is 13.3. The van der Waals surface area contributed by atoms with Crippen LogP contribution in [0.4, 0.5) is 0 Å². The molecule has 0 saturated carbocycles. The number of nitrogens with zero attached hydrogens (tertiary/aromatic N) is 2. The van der Waals surface area contributed by atoms with Crippen molar-refractivity contribution in [3.8, 4) is 11.4 Å². The molecular formula is C22H22N2O2. The van der Waals surface area contributed by atoms with Gasteiger partial charge >= 0.3 is 0 Å². The highest BCUT2D eigenvalue weighted by Crippen LogP contribution is 2.33. The molecule has 4 heteroatoms. The zero-order valence-electron chi connectivity index (χ0n) is 15.3. The molecule has 0 aliphatic rings. The van der Waals surface area contributed by atoms with Crippen LogP contribution in [-0.2, 0) is 6.54 Å². The molecule has 0 spiro atoms. The summed E-state index contributed by atoms with van der Waals surface area (Å²) < 4.78 is 9.47. The molecule has 4 aromatic rings. The average Bonchev–Trinajstić information content (AvgIpc) is 2.93. The van der Waals surface area contributed by atoms with Gasteiger partial charge in [0.05, 0.1) is 23.7 Å². The fourth-order valence-corrected chi connectivity index (χ4v) is 3.59. The van der Waals surface area contributed by atoms with E-state index in [2.05, 4.69) is 24.6 Å². The maximum absolute atomic E-state index is 13.3. The van der Waals surface area contributed by atoms with Crippen molar-refractivity contribution in [2.24, 2.45) is 5.92 Å². The SMILES string of the molecule is COc1cc2c(=O)n(CC(C)C)n(-c3ccccc3)c2c2ccccc12. The van der Waals surface area contributed by atoms with E-state index in [4.69, 9.17) is 4.74 Å². The molecule has 3 aromatic carbocycles. The minimum atomic E-state index is 0.0154. The predicted octanol–water partition coefficient (Wildman–Crippen LogP) is 4.61. The first kappa shape index (κ1) is 16.5. The van der Waals surface area contributed by atoms with Gasteiger partial charge in [0.1, 0.15) is 5.75 Å². The topological polar surface area (TPSA) is 36.2 Å². The summed E-state index contributed by atoms with van der Waals surface area (Å²) in [7, 11) is 1.65. The Bertz CT molecular complexity index is 1140. The third-order valence-corrected chi connectivity index (χ3v) is 4.66. The van der Waals surface area contributed by atoms with Crippen LogP contribution in [0.25, 0.3) is 27.4 Å². The molecule has 0 amide bonds. The van der Waals surface area contributed by atoms with E-state index in [-0.39, 0.29) is 5.56 Å². The Hall–Kier alpha value is -3.01. The van der Waals surface area contributed by atoms with Gasteiger partial charge in [0, 0.05) is 17.3 Å². The molecular weight excluding hydrogens is 324 g/mol. The van der Waals surface area contributed by atoms with Crippen LogP contribution < -0.4 is 10.3 Å². The molecule has 0 unspecified atom stereocenters. The van der Waals surface area contributed by atoms with Gasteiger partial charge < -0.3 is 4.74 Å². The third-order valence-electron chi connectivity index (χ3n) is 4.66. The number of fused-ring (bicyclic) bond motifs is 3. The van der Waals surface area contributed by atoms with Gasteiger partial charge in [-0.1, -0.05) is 56.3 Å². The van der Waals surface area contributed by atoms with E-state index in [9.17, 15) is 4.79 Å². The highest BCUT2D eigenvalue weighted by Gasteiger charge is 2.19. The Morgan fingerprint density at radius 2 is 1.58 bits per heavy atom. The summed E-state index contributed by atoms with van der Waals surface area (Å²) >= 11 is 0. The molecule has 4 nitrogen and oxygen atoms in total. The van der Waals surface area contributed by atoms with Gasteiger partial charge in [0.15, 0.2) is 0 Å². The minimum absolute atomic E-state index is 0.0154. The van der Waals surface area contributed by atoms with E-state index in [1.807, 2.05) is 59.3 Å². The highest BCUT2D eigenvalue weighted by atomic mass is 16.5. The van der Waals surface area contributed by atoms with Gasteiger partial charge in [-0.3, -0.25) is 4.79 Å². The van der Waals surface area contributed by atoms with Gasteiger partial charge in [0.25, 0.3) is 5.56 Å². The normalized spacial score (nSPS) is 11.5. The first-order valence-corrected chi connectivity index (χ1v) is 8.88. The van der Waals surface area contributed by atoms with Crippen molar-refractivity contribution in [1.29, 1.82) is 0 Å². The lowest BCUT2D eigenvalue weighted by Crippen LogP contribution is -2.24. The second kappa shape index (κ2) is 6.37. The Kier molecular flexibility index (Phi) is 4.03. The standard InChI is InChI=1S/C22H22N2O2/c1-15(2)14-23-22(25)19-13-20(26-3)17-11-7-8-12-18(17)21(19)24(23)16-9-5-4-6-10-16/h4-13,15H,14H2,1-3H3. The molecule has 0 saturated heterocycles. The molecule has 0 N–H and O–H groups in total. The summed E-state index contributed by atoms with van der Waals surface area (Å²) in [6.45, 7) is 4.90. The molecule has 0 radical (unpaired) electrons. The van der Waals surface area contributed by atoms with Crippen molar-refractivity contribution in [3.05, 3.63) is 71.0 Å². The minimum Gasteiger partial charge on any atom is -0.496 e. The van der Waals surface area contributed by atoms with E-state index < -0.39 is 0 Å². The van der Waals surface area contributed by atoms with Gasteiger partial charge in [-0.25, -0.2) is 9.36 Å². The molecule has 0 fully saturated rings. The second-order valence-electron chi connectivity index (χ2n) is 6.95. The van der Waals surface area contributed by atoms with E-state index in [0.29, 0.717) is 17.8 Å². The van der Waals surface area contributed by atoms with Gasteiger partial charge in [-0.15, -0.1) is 0 Å². The van der Waals surface area contributed by atoms with E-state index in [1.165, 1.54) is 0 Å². The molecule has 132 valence electrons. The summed E-state index contributed by atoms with van der Waals surface area (Å²) in [6, 6.07) is 20.0. The number of rotatable bonds is 4. The predicted molar refractivity (Wildman–Crippen MR) is 106 cm³/mol. The van der Waals surface area contributed by atoms with Crippen LogP contribution in [0.1, 0.15) is 13.8 Å². The number of hydrogen-bond acceptors (Lipinski definition) is 2. The summed E-state index contributed by atoms with van der Waals surface area (Å²) in [4.78, 5) is 13.3. The lowest BCUT2D eigenvalue weighted by Gasteiger charge is -2.15. The number of para-hydroxylation sites is 1. The van der Waals surface area contributed by atoms with Crippen molar-refractivity contribution in [2.45, 2.75) is 20.4 Å². The molecule has 0 aliphatic carbocycles. The Morgan fingerprint density at radius 3 is 2.23 bits per heavy atom. The van der Waals surface area contributed by atoms with Crippen molar-refractivity contribution < 1.29 is 4.74 Å². The lowest BCUT2D eigenvalue weighted by molar-refractivity contribution is 0.420. The smallest absolute Gasteiger partial charge is 0.275 e. The van der Waals surface area contributed by atoms with Crippen molar-refractivity contribution >= 4 is 21.7 Å². The van der Waals surface area contributed by atoms with E-state index >= 15 is 0 Å². The van der Waals surface area contributed by atoms with E-state index in [1.54, 1.807) is 7.11 Å². The number of hydrogen-bond donors (Lipinski definition) is 0. The first-order valence-electron chi connectivity index (χ1n) is 8.88. The molecule has 1 aromatic heterocycles. The molecule has 0 aliphatic heterocycles. The monoisotopic (exact) mass is 346 g/mol. The molecule has 26 heavy (non-hydrogen) atoms. The Balaban J connectivity index is 2.22. The van der Waals surface area contributed by atoms with Crippen LogP contribution in [0.15, 0.2) is 65.5 Å². The number of benzene rings is 3. The van der Waals surface area contributed by atoms with Crippen molar-refractivity contribution in [1.82, 2.24) is 9.36 Å². The van der Waals surface area contributed by atoms with Crippen molar-refractivity contribution in [2.75, 3.05) is 7.11 Å². The van der Waals surface area contributed by atoms with Crippen molar-refractivity contribution in [3.63, 3.8) is 0 Å². The van der Waals surface area contributed by atoms with Crippen LogP contribution in [0, 0.1) is 5.92 Å². The van der Waals surface area contributed by atoms with Gasteiger partial charge in [0.2, 0.25) is 0 Å². The molecule has 4 rings (SSSR count). The van der Waals surface area contributed by atoms with E-state index in [0.717, 1.165) is 27.7 Å². The van der Waals surface area contributed by atoms with Crippen LogP contribution in [0.3, 0.4) is 0 Å². The molecule has 0 bridgehead atoms. The fourth-order valence-electron chi connectivity index (χ4n) is 3.59. The quantitative estimate of drug-likeness (QED) is 0.541. The Morgan fingerprint density at radius 1 is 0.923 bits per heavy atom. The number of ether oxygens (including phenoxy) is 1. The van der Waals surface area contributed by atoms with Gasteiger partial charge in [-0.05, 0) is 24.1 Å². The Labute approximate surface area is 152 Å². The largest absolute Gasteiger partial charge is 0.496 e. The zero-order chi connectivity index (χ0) is 18.3. The summed E-state index contributed by atoms with van der Waals surface area (Å²) in [5.41, 5.74) is 1.93. The summed E-state index contributed by atoms with van der Waals surface area (Å²) in [5, 5.41) is 2.71. The highest BCUT2D eigenvalue weighted by molar-refractivity contribution is 6.09. The number of aromatic nitrogens is 2. The summed E-state index contributed by atoms with van der Waals surface area (Å²) in [5.74, 6) is 1.08. The maximum Gasteiger partial charge on any atom is 0.275 e. The first-order chi connectivity index (χ1) is 12.6. The third kappa shape index (κ3) is 2.49. The van der Waals surface area contributed by atoms with Gasteiger partial charge in [-0.2, -0.15) is 0 Å². The zero-order valence-corrected chi connectivity index (χ0v) is 15.3. The fraction of sp³-hybridized carbons (Fsp3) is 0.227. The van der Waals surface area contributed by atoms with Crippen LogP contribution in [-0.4, -0.2) is 16.5 Å². The lowest BCUT2D eigenvalue weighted by atomic mass is 10.1. The molecule has 1 heterocycles. The average molecular weight is 346 g/mol. The van der Waals surface area contributed by atoms with Crippen LogP contribution >= 0.6 is 0 Å².